The molecule has 0 aromatic rings. The monoisotopic (exact) mass is 264 g/mol. The van der Waals surface area contributed by atoms with Crippen LogP contribution < -0.4 is 10.6 Å². The maximum absolute atomic E-state index is 12.5. The largest absolute Gasteiger partial charge is 0.353 e. The van der Waals surface area contributed by atoms with E-state index >= 15 is 0 Å². The van der Waals surface area contributed by atoms with E-state index in [2.05, 4.69) is 24.5 Å². The third kappa shape index (κ3) is 2.54. The lowest BCUT2D eigenvalue weighted by Gasteiger charge is -2.48. The van der Waals surface area contributed by atoms with Crippen molar-refractivity contribution in [3.8, 4) is 0 Å². The predicted molar refractivity (Wildman–Crippen MR) is 76.9 cm³/mol. The molecule has 19 heavy (non-hydrogen) atoms. The molecule has 2 aliphatic carbocycles. The fourth-order valence-corrected chi connectivity index (χ4v) is 4.38. The molecule has 3 aliphatic rings. The fraction of sp³-hybridized carbons (Fsp3) is 0.938. The van der Waals surface area contributed by atoms with Crippen molar-refractivity contribution in [2.24, 2.45) is 11.3 Å². The summed E-state index contributed by atoms with van der Waals surface area (Å²) in [4.78, 5) is 12.5. The minimum atomic E-state index is 0.200. The molecule has 108 valence electrons. The zero-order chi connectivity index (χ0) is 13.5. The van der Waals surface area contributed by atoms with Crippen molar-refractivity contribution in [2.45, 2.75) is 76.8 Å². The van der Waals surface area contributed by atoms with Gasteiger partial charge in [-0.3, -0.25) is 4.79 Å². The highest BCUT2D eigenvalue weighted by Gasteiger charge is 2.43. The number of nitrogens with one attached hydrogen (secondary N) is 2. The van der Waals surface area contributed by atoms with Crippen molar-refractivity contribution in [1.82, 2.24) is 10.6 Å². The topological polar surface area (TPSA) is 41.1 Å². The Morgan fingerprint density at radius 1 is 1.16 bits per heavy atom. The van der Waals surface area contributed by atoms with Gasteiger partial charge in [0.25, 0.3) is 0 Å². The van der Waals surface area contributed by atoms with Gasteiger partial charge in [-0.2, -0.15) is 0 Å². The number of hydrogen-bond donors (Lipinski definition) is 2. The van der Waals surface area contributed by atoms with E-state index in [0.29, 0.717) is 17.5 Å². The minimum absolute atomic E-state index is 0.200. The summed E-state index contributed by atoms with van der Waals surface area (Å²) in [5.41, 5.74) is 0.576. The average molecular weight is 264 g/mol. The van der Waals surface area contributed by atoms with Gasteiger partial charge < -0.3 is 10.6 Å². The number of hydrogen-bond acceptors (Lipinski definition) is 2. The van der Waals surface area contributed by atoms with Gasteiger partial charge >= 0.3 is 0 Å². The van der Waals surface area contributed by atoms with E-state index in [1.807, 2.05) is 0 Å². The number of piperidine rings is 1. The molecule has 0 radical (unpaired) electrons. The molecule has 2 N–H and O–H groups in total. The maximum Gasteiger partial charge on any atom is 0.223 e. The van der Waals surface area contributed by atoms with Crippen molar-refractivity contribution in [3.05, 3.63) is 0 Å². The van der Waals surface area contributed by atoms with E-state index in [9.17, 15) is 4.79 Å². The van der Waals surface area contributed by atoms with Crippen LogP contribution in [0.25, 0.3) is 0 Å². The predicted octanol–water partition coefficient (Wildman–Crippen LogP) is 2.60. The Hall–Kier alpha value is -0.570. The molecule has 2 saturated carbocycles. The second-order valence-electron chi connectivity index (χ2n) is 7.69. The summed E-state index contributed by atoms with van der Waals surface area (Å²) in [5.74, 6) is 0.559. The average Bonchev–Trinajstić information content (AvgIpc) is 2.67. The zero-order valence-electron chi connectivity index (χ0n) is 12.4. The Labute approximate surface area is 116 Å². The highest BCUT2D eigenvalue weighted by molar-refractivity contribution is 5.80. The Kier molecular flexibility index (Phi) is 3.36. The lowest BCUT2D eigenvalue weighted by molar-refractivity contribution is -0.128. The molecule has 3 rings (SSSR count). The third-order valence-electron chi connectivity index (χ3n) is 5.86. The summed E-state index contributed by atoms with van der Waals surface area (Å²) < 4.78 is 0. The summed E-state index contributed by atoms with van der Waals surface area (Å²) in [7, 11) is 0. The molecular weight excluding hydrogens is 236 g/mol. The van der Waals surface area contributed by atoms with Crippen LogP contribution in [0.5, 0.6) is 0 Å². The third-order valence-corrected chi connectivity index (χ3v) is 5.86. The minimum Gasteiger partial charge on any atom is -0.353 e. The van der Waals surface area contributed by atoms with Gasteiger partial charge in [-0.1, -0.05) is 20.3 Å². The van der Waals surface area contributed by atoms with Gasteiger partial charge in [0.1, 0.15) is 0 Å². The second-order valence-corrected chi connectivity index (χ2v) is 7.69. The lowest BCUT2D eigenvalue weighted by atomic mass is 9.70. The van der Waals surface area contributed by atoms with Crippen molar-refractivity contribution in [1.29, 1.82) is 0 Å². The molecule has 1 heterocycles. The SMILES string of the molecule is CC1(C)CCCC1C(=O)NC1CCNC2(CCC2)C1. The first kappa shape index (κ1) is 13.4. The molecule has 1 spiro atoms. The van der Waals surface area contributed by atoms with Crippen LogP contribution >= 0.6 is 0 Å². The van der Waals surface area contributed by atoms with Crippen molar-refractivity contribution in [3.63, 3.8) is 0 Å². The summed E-state index contributed by atoms with van der Waals surface area (Å²) in [6.07, 6.45) is 9.68. The van der Waals surface area contributed by atoms with Gasteiger partial charge in [0.2, 0.25) is 5.91 Å². The van der Waals surface area contributed by atoms with Crippen molar-refractivity contribution < 1.29 is 4.79 Å². The molecule has 3 heteroatoms. The van der Waals surface area contributed by atoms with Crippen LogP contribution in [-0.2, 0) is 4.79 Å². The highest BCUT2D eigenvalue weighted by Crippen LogP contribution is 2.43. The van der Waals surface area contributed by atoms with Crippen LogP contribution in [-0.4, -0.2) is 24.0 Å². The maximum atomic E-state index is 12.5. The van der Waals surface area contributed by atoms with E-state index in [-0.39, 0.29) is 11.3 Å². The van der Waals surface area contributed by atoms with E-state index in [1.54, 1.807) is 0 Å². The zero-order valence-corrected chi connectivity index (χ0v) is 12.4. The van der Waals surface area contributed by atoms with E-state index in [1.165, 1.54) is 32.1 Å². The fourth-order valence-electron chi connectivity index (χ4n) is 4.38. The molecule has 0 aromatic heterocycles. The first-order valence-electron chi connectivity index (χ1n) is 8.06. The first-order chi connectivity index (χ1) is 9.01. The van der Waals surface area contributed by atoms with Gasteiger partial charge in [-0.25, -0.2) is 0 Å². The van der Waals surface area contributed by atoms with Crippen LogP contribution in [0.1, 0.15) is 65.2 Å². The van der Waals surface area contributed by atoms with Gasteiger partial charge in [0.05, 0.1) is 0 Å². The molecule has 1 aliphatic heterocycles. The smallest absolute Gasteiger partial charge is 0.223 e. The van der Waals surface area contributed by atoms with Gasteiger partial charge in [0, 0.05) is 17.5 Å². The molecule has 1 amide bonds. The second kappa shape index (κ2) is 4.76. The Morgan fingerprint density at radius 2 is 1.95 bits per heavy atom. The molecule has 2 unspecified atom stereocenters. The number of carbonyl (C=O) groups excluding carboxylic acids is 1. The van der Waals surface area contributed by atoms with Crippen LogP contribution in [0.15, 0.2) is 0 Å². The Bertz CT molecular complexity index is 360. The van der Waals surface area contributed by atoms with E-state index in [4.69, 9.17) is 0 Å². The number of carbonyl (C=O) groups is 1. The van der Waals surface area contributed by atoms with Crippen LogP contribution in [0.2, 0.25) is 0 Å². The summed E-state index contributed by atoms with van der Waals surface area (Å²) in [5, 5.41) is 7.03. The first-order valence-corrected chi connectivity index (χ1v) is 8.06. The van der Waals surface area contributed by atoms with Crippen LogP contribution in [0.3, 0.4) is 0 Å². The normalized spacial score (nSPS) is 35.9. The highest BCUT2D eigenvalue weighted by atomic mass is 16.2. The van der Waals surface area contributed by atoms with E-state index < -0.39 is 0 Å². The molecule has 2 atom stereocenters. The van der Waals surface area contributed by atoms with Crippen molar-refractivity contribution >= 4 is 5.91 Å². The Morgan fingerprint density at radius 3 is 2.53 bits per heavy atom. The van der Waals surface area contributed by atoms with Gasteiger partial charge in [-0.15, -0.1) is 0 Å². The van der Waals surface area contributed by atoms with Gasteiger partial charge in [-0.05, 0) is 56.9 Å². The molecule has 3 fully saturated rings. The molecular formula is C16H28N2O. The van der Waals surface area contributed by atoms with Gasteiger partial charge in [0.15, 0.2) is 0 Å². The molecule has 0 aromatic carbocycles. The lowest BCUT2D eigenvalue weighted by Crippen LogP contribution is -2.60. The Balaban J connectivity index is 1.57. The van der Waals surface area contributed by atoms with Crippen LogP contribution in [0, 0.1) is 11.3 Å². The molecule has 0 bridgehead atoms. The standard InChI is InChI=1S/C16H28N2O/c1-15(2)7-3-5-13(15)14(19)18-12-6-10-17-16(11-12)8-4-9-16/h12-13,17H,3-11H2,1-2H3,(H,18,19). The number of amides is 1. The van der Waals surface area contributed by atoms with E-state index in [0.717, 1.165) is 25.8 Å². The molecule has 3 nitrogen and oxygen atoms in total. The van der Waals surface area contributed by atoms with Crippen LogP contribution in [0.4, 0.5) is 0 Å². The summed E-state index contributed by atoms with van der Waals surface area (Å²) in [6.45, 7) is 5.57. The quantitative estimate of drug-likeness (QED) is 0.805. The number of rotatable bonds is 2. The molecule has 1 saturated heterocycles. The summed E-state index contributed by atoms with van der Waals surface area (Å²) in [6, 6.07) is 0.408. The summed E-state index contributed by atoms with van der Waals surface area (Å²) >= 11 is 0. The van der Waals surface area contributed by atoms with Crippen molar-refractivity contribution in [2.75, 3.05) is 6.54 Å².